The van der Waals surface area contributed by atoms with Crippen molar-refractivity contribution in [3.63, 3.8) is 0 Å². The van der Waals surface area contributed by atoms with Crippen molar-refractivity contribution in [2.75, 3.05) is 5.75 Å². The van der Waals surface area contributed by atoms with E-state index in [9.17, 15) is 14.7 Å². The second-order valence-corrected chi connectivity index (χ2v) is 5.84. The van der Waals surface area contributed by atoms with Crippen molar-refractivity contribution in [1.82, 2.24) is 10.6 Å². The highest BCUT2D eigenvalue weighted by Gasteiger charge is 2.18. The van der Waals surface area contributed by atoms with Gasteiger partial charge in [0.25, 0.3) is 0 Å². The van der Waals surface area contributed by atoms with Crippen LogP contribution in [0.25, 0.3) is 0 Å². The van der Waals surface area contributed by atoms with Crippen molar-refractivity contribution in [2.24, 2.45) is 0 Å². The highest BCUT2D eigenvalue weighted by atomic mass is 32.2. The standard InChI is InChI=1S/C14H18N2O3S/c17-11-6-3-7-12(8-11)20-9-13(18)16-14(19)15-10-4-1-2-5-10/h3,6-8,10,17H,1-2,4-5,9H2,(H2,15,16,18,19). The molecule has 0 radical (unpaired) electrons. The number of benzene rings is 1. The number of carbonyl (C=O) groups is 2. The molecule has 0 unspecified atom stereocenters. The molecule has 1 fully saturated rings. The molecule has 0 spiro atoms. The fraction of sp³-hybridized carbons (Fsp3) is 0.429. The van der Waals surface area contributed by atoms with Crippen LogP contribution in [0, 0.1) is 0 Å². The van der Waals surface area contributed by atoms with Crippen LogP contribution >= 0.6 is 11.8 Å². The van der Waals surface area contributed by atoms with Crippen LogP contribution in [0.4, 0.5) is 4.79 Å². The van der Waals surface area contributed by atoms with Gasteiger partial charge < -0.3 is 10.4 Å². The van der Waals surface area contributed by atoms with Gasteiger partial charge in [-0.25, -0.2) is 4.79 Å². The predicted octanol–water partition coefficient (Wildman–Crippen LogP) is 2.25. The van der Waals surface area contributed by atoms with E-state index < -0.39 is 6.03 Å². The molecule has 0 aromatic heterocycles. The minimum absolute atomic E-state index is 0.140. The molecule has 0 atom stereocenters. The molecule has 2 rings (SSSR count). The highest BCUT2D eigenvalue weighted by Crippen LogP contribution is 2.21. The molecule has 0 aliphatic heterocycles. The number of aromatic hydroxyl groups is 1. The maximum atomic E-state index is 11.6. The quantitative estimate of drug-likeness (QED) is 0.744. The van der Waals surface area contributed by atoms with Crippen LogP contribution in [0.5, 0.6) is 5.75 Å². The van der Waals surface area contributed by atoms with Gasteiger partial charge in [-0.3, -0.25) is 10.1 Å². The number of nitrogens with one attached hydrogen (secondary N) is 2. The Morgan fingerprint density at radius 3 is 2.75 bits per heavy atom. The molecule has 1 aliphatic carbocycles. The molecule has 0 saturated heterocycles. The molecule has 1 aliphatic rings. The third-order valence-corrected chi connectivity index (χ3v) is 4.12. The van der Waals surface area contributed by atoms with Crippen molar-refractivity contribution in [2.45, 2.75) is 36.6 Å². The van der Waals surface area contributed by atoms with Gasteiger partial charge in [0.1, 0.15) is 5.75 Å². The van der Waals surface area contributed by atoms with Gasteiger partial charge in [0.2, 0.25) is 5.91 Å². The average Bonchev–Trinajstić information content (AvgIpc) is 2.89. The van der Waals surface area contributed by atoms with Crippen LogP contribution in [-0.2, 0) is 4.79 Å². The fourth-order valence-electron chi connectivity index (χ4n) is 2.18. The second-order valence-electron chi connectivity index (χ2n) is 4.79. The first-order chi connectivity index (χ1) is 9.63. The summed E-state index contributed by atoms with van der Waals surface area (Å²) in [4.78, 5) is 24.0. The number of imide groups is 1. The number of carbonyl (C=O) groups excluding carboxylic acids is 2. The summed E-state index contributed by atoms with van der Waals surface area (Å²) in [6.45, 7) is 0. The minimum atomic E-state index is -0.418. The van der Waals surface area contributed by atoms with Crippen LogP contribution in [-0.4, -0.2) is 28.8 Å². The molecule has 0 heterocycles. The molecule has 108 valence electrons. The minimum Gasteiger partial charge on any atom is -0.508 e. The first-order valence-corrected chi connectivity index (χ1v) is 7.64. The zero-order valence-electron chi connectivity index (χ0n) is 11.1. The van der Waals surface area contributed by atoms with Crippen molar-refractivity contribution in [3.05, 3.63) is 24.3 Å². The number of rotatable bonds is 4. The number of urea groups is 1. The monoisotopic (exact) mass is 294 g/mol. The lowest BCUT2D eigenvalue weighted by atomic mass is 10.2. The van der Waals surface area contributed by atoms with Crippen molar-refractivity contribution in [3.8, 4) is 5.75 Å². The molecule has 3 amide bonds. The summed E-state index contributed by atoms with van der Waals surface area (Å²) >= 11 is 1.28. The van der Waals surface area contributed by atoms with Gasteiger partial charge in [0.15, 0.2) is 0 Å². The van der Waals surface area contributed by atoms with E-state index in [1.165, 1.54) is 11.8 Å². The van der Waals surface area contributed by atoms with E-state index in [1.54, 1.807) is 24.3 Å². The highest BCUT2D eigenvalue weighted by molar-refractivity contribution is 8.00. The summed E-state index contributed by atoms with van der Waals surface area (Å²) in [6, 6.07) is 6.44. The molecule has 1 aromatic rings. The number of phenolic OH excluding ortho intramolecular Hbond substituents is 1. The first-order valence-electron chi connectivity index (χ1n) is 6.65. The zero-order valence-corrected chi connectivity index (χ0v) is 11.9. The number of amides is 3. The van der Waals surface area contributed by atoms with Gasteiger partial charge in [0, 0.05) is 10.9 Å². The molecule has 5 nitrogen and oxygen atoms in total. The lowest BCUT2D eigenvalue weighted by molar-refractivity contribution is -0.117. The van der Waals surface area contributed by atoms with E-state index in [4.69, 9.17) is 0 Å². The lowest BCUT2D eigenvalue weighted by Gasteiger charge is -2.12. The van der Waals surface area contributed by atoms with Crippen molar-refractivity contribution < 1.29 is 14.7 Å². The van der Waals surface area contributed by atoms with Crippen LogP contribution in [0.2, 0.25) is 0 Å². The largest absolute Gasteiger partial charge is 0.508 e. The Hall–Kier alpha value is -1.69. The SMILES string of the molecule is O=C(CSc1cccc(O)c1)NC(=O)NC1CCCC1. The van der Waals surface area contributed by atoms with E-state index in [-0.39, 0.29) is 23.5 Å². The summed E-state index contributed by atoms with van der Waals surface area (Å²) in [6.07, 6.45) is 4.23. The van der Waals surface area contributed by atoms with E-state index in [0.29, 0.717) is 0 Å². The topological polar surface area (TPSA) is 78.4 Å². The van der Waals surface area contributed by atoms with E-state index in [0.717, 1.165) is 30.6 Å². The molecule has 1 aromatic carbocycles. The van der Waals surface area contributed by atoms with Gasteiger partial charge >= 0.3 is 6.03 Å². The molecule has 1 saturated carbocycles. The second kappa shape index (κ2) is 7.19. The van der Waals surface area contributed by atoms with Gasteiger partial charge in [-0.05, 0) is 31.0 Å². The lowest BCUT2D eigenvalue weighted by Crippen LogP contribution is -2.44. The van der Waals surface area contributed by atoms with Gasteiger partial charge in [-0.15, -0.1) is 11.8 Å². The maximum absolute atomic E-state index is 11.6. The Bertz CT molecular complexity index is 487. The normalized spacial score (nSPS) is 15.0. The predicted molar refractivity (Wildman–Crippen MR) is 77.8 cm³/mol. The average molecular weight is 294 g/mol. The summed E-state index contributed by atoms with van der Waals surface area (Å²) in [5.41, 5.74) is 0. The molecule has 20 heavy (non-hydrogen) atoms. The van der Waals surface area contributed by atoms with Crippen LogP contribution < -0.4 is 10.6 Å². The molecule has 0 bridgehead atoms. The third-order valence-electron chi connectivity index (χ3n) is 3.13. The van der Waals surface area contributed by atoms with Gasteiger partial charge in [-0.1, -0.05) is 18.9 Å². The van der Waals surface area contributed by atoms with Crippen molar-refractivity contribution >= 4 is 23.7 Å². The van der Waals surface area contributed by atoms with Crippen LogP contribution in [0.3, 0.4) is 0 Å². The smallest absolute Gasteiger partial charge is 0.321 e. The molecule has 6 heteroatoms. The molecular formula is C14H18N2O3S. The summed E-state index contributed by atoms with van der Waals surface area (Å²) < 4.78 is 0. The Balaban J connectivity index is 1.70. The van der Waals surface area contributed by atoms with Crippen LogP contribution in [0.15, 0.2) is 29.2 Å². The molecular weight excluding hydrogens is 276 g/mol. The van der Waals surface area contributed by atoms with Crippen molar-refractivity contribution in [1.29, 1.82) is 0 Å². The van der Waals surface area contributed by atoms with Gasteiger partial charge in [-0.2, -0.15) is 0 Å². The van der Waals surface area contributed by atoms with E-state index >= 15 is 0 Å². The Labute approximate surface area is 122 Å². The Morgan fingerprint density at radius 1 is 1.30 bits per heavy atom. The van der Waals surface area contributed by atoms with E-state index in [2.05, 4.69) is 10.6 Å². The maximum Gasteiger partial charge on any atom is 0.321 e. The Kier molecular flexibility index (Phi) is 5.29. The summed E-state index contributed by atoms with van der Waals surface area (Å²) in [5.74, 6) is -0.0372. The summed E-state index contributed by atoms with van der Waals surface area (Å²) in [5, 5.41) is 14.4. The van der Waals surface area contributed by atoms with Crippen LogP contribution in [0.1, 0.15) is 25.7 Å². The fourth-order valence-corrected chi connectivity index (χ4v) is 2.93. The van der Waals surface area contributed by atoms with Gasteiger partial charge in [0.05, 0.1) is 5.75 Å². The first kappa shape index (κ1) is 14.7. The number of hydrogen-bond acceptors (Lipinski definition) is 4. The Morgan fingerprint density at radius 2 is 2.05 bits per heavy atom. The number of hydrogen-bond donors (Lipinski definition) is 3. The zero-order chi connectivity index (χ0) is 14.4. The number of thioether (sulfide) groups is 1. The van der Waals surface area contributed by atoms with E-state index in [1.807, 2.05) is 0 Å². The summed E-state index contributed by atoms with van der Waals surface area (Å²) in [7, 11) is 0. The molecule has 3 N–H and O–H groups in total. The number of phenols is 1. The third kappa shape index (κ3) is 4.77.